The van der Waals surface area contributed by atoms with Crippen molar-refractivity contribution in [1.82, 2.24) is 10.2 Å². The van der Waals surface area contributed by atoms with Crippen molar-refractivity contribution in [2.24, 2.45) is 0 Å². The number of nitrogens with one attached hydrogen (secondary N) is 1. The van der Waals surface area contributed by atoms with Gasteiger partial charge in [-0.1, -0.05) is 42.5 Å². The van der Waals surface area contributed by atoms with E-state index in [1.807, 2.05) is 0 Å². The fourth-order valence-electron chi connectivity index (χ4n) is 2.52. The van der Waals surface area contributed by atoms with Crippen molar-refractivity contribution in [2.75, 3.05) is 6.54 Å². The maximum absolute atomic E-state index is 13.8. The van der Waals surface area contributed by atoms with Gasteiger partial charge in [-0.3, -0.25) is 9.69 Å². The molecule has 1 heterocycles. The van der Waals surface area contributed by atoms with E-state index in [0.29, 0.717) is 12.1 Å². The fraction of sp³-hybridized carbons (Fsp3) is 0.176. The van der Waals surface area contributed by atoms with E-state index in [2.05, 4.69) is 5.32 Å². The maximum atomic E-state index is 13.8. The molecule has 118 valence electrons. The second-order valence-corrected chi connectivity index (χ2v) is 5.35. The van der Waals surface area contributed by atoms with Crippen LogP contribution in [0.2, 0.25) is 0 Å². The highest BCUT2D eigenvalue weighted by molar-refractivity contribution is 5.90. The quantitative estimate of drug-likeness (QED) is 0.852. The summed E-state index contributed by atoms with van der Waals surface area (Å²) in [6.45, 7) is 0.448. The molecule has 1 aliphatic heterocycles. The zero-order valence-electron chi connectivity index (χ0n) is 12.2. The van der Waals surface area contributed by atoms with Crippen LogP contribution in [-0.2, 0) is 11.3 Å². The lowest BCUT2D eigenvalue weighted by Gasteiger charge is -2.34. The average Bonchev–Trinajstić information content (AvgIpc) is 2.54. The third-order valence-electron chi connectivity index (χ3n) is 3.89. The zero-order chi connectivity index (χ0) is 16.4. The van der Waals surface area contributed by atoms with Gasteiger partial charge in [0.05, 0.1) is 0 Å². The molecule has 6 heteroatoms. The van der Waals surface area contributed by atoms with Crippen LogP contribution >= 0.6 is 0 Å². The van der Waals surface area contributed by atoms with Crippen LogP contribution in [0.4, 0.5) is 9.18 Å². The molecule has 1 aliphatic rings. The van der Waals surface area contributed by atoms with Gasteiger partial charge in [-0.05, 0) is 17.2 Å². The lowest BCUT2D eigenvalue weighted by atomic mass is 10.0. The normalized spacial score (nSPS) is 16.4. The first-order valence-corrected chi connectivity index (χ1v) is 7.17. The highest BCUT2D eigenvalue weighted by Crippen LogP contribution is 2.23. The molecule has 5 nitrogen and oxygen atoms in total. The second-order valence-electron chi connectivity index (χ2n) is 5.35. The topological polar surface area (TPSA) is 69.6 Å². The summed E-state index contributed by atoms with van der Waals surface area (Å²) in [6, 6.07) is 12.8. The van der Waals surface area contributed by atoms with Crippen molar-refractivity contribution < 1.29 is 19.1 Å². The Morgan fingerprint density at radius 2 is 1.91 bits per heavy atom. The van der Waals surface area contributed by atoms with Crippen molar-refractivity contribution in [3.8, 4) is 11.1 Å². The highest BCUT2D eigenvalue weighted by atomic mass is 19.1. The lowest BCUT2D eigenvalue weighted by molar-refractivity contribution is -0.132. The van der Waals surface area contributed by atoms with Crippen molar-refractivity contribution in [2.45, 2.75) is 12.6 Å². The molecule has 0 unspecified atom stereocenters. The Kier molecular flexibility index (Phi) is 3.97. The first-order chi connectivity index (χ1) is 11.1. The number of β-lactam (4-membered cyclic amide) rings is 1. The number of halogens is 1. The number of benzene rings is 2. The lowest BCUT2D eigenvalue weighted by Crippen LogP contribution is -2.62. The molecule has 1 fully saturated rings. The van der Waals surface area contributed by atoms with E-state index < -0.39 is 12.1 Å². The predicted octanol–water partition coefficient (Wildman–Crippen LogP) is 2.47. The first kappa shape index (κ1) is 15.0. The fourth-order valence-corrected chi connectivity index (χ4v) is 2.52. The van der Waals surface area contributed by atoms with Crippen LogP contribution in [-0.4, -0.2) is 34.6 Å². The largest absolute Gasteiger partial charge is 0.465 e. The van der Waals surface area contributed by atoms with E-state index in [1.54, 1.807) is 42.5 Å². The van der Waals surface area contributed by atoms with Crippen LogP contribution < -0.4 is 5.32 Å². The molecule has 0 saturated carbocycles. The monoisotopic (exact) mass is 314 g/mol. The molecule has 2 N–H and O–H groups in total. The molecule has 1 atom stereocenters. The SMILES string of the molecule is O=C1NC[C@@H]1N(Cc1ccc(-c2ccccc2F)cc1)C(=O)O. The van der Waals surface area contributed by atoms with E-state index in [4.69, 9.17) is 0 Å². The van der Waals surface area contributed by atoms with Crippen LogP contribution in [0.5, 0.6) is 0 Å². The zero-order valence-corrected chi connectivity index (χ0v) is 12.2. The van der Waals surface area contributed by atoms with Crippen molar-refractivity contribution in [3.05, 3.63) is 59.9 Å². The molecule has 23 heavy (non-hydrogen) atoms. The van der Waals surface area contributed by atoms with Gasteiger partial charge in [0.25, 0.3) is 0 Å². The summed E-state index contributed by atoms with van der Waals surface area (Å²) in [7, 11) is 0. The van der Waals surface area contributed by atoms with Crippen molar-refractivity contribution >= 4 is 12.0 Å². The number of carboxylic acid groups (broad SMARTS) is 1. The summed E-state index contributed by atoms with van der Waals surface area (Å²) >= 11 is 0. The summed E-state index contributed by atoms with van der Waals surface area (Å²) < 4.78 is 13.8. The van der Waals surface area contributed by atoms with Gasteiger partial charge in [0.15, 0.2) is 0 Å². The standard InChI is InChI=1S/C17H15FN2O3/c18-14-4-2-1-3-13(14)12-7-5-11(6-8-12)10-20(17(22)23)15-9-19-16(15)21/h1-8,15H,9-10H2,(H,19,21)(H,22,23)/t15-/m0/s1. The van der Waals surface area contributed by atoms with E-state index in [9.17, 15) is 19.1 Å². The van der Waals surface area contributed by atoms with Gasteiger partial charge in [-0.25, -0.2) is 9.18 Å². The molecular weight excluding hydrogens is 299 g/mol. The van der Waals surface area contributed by atoms with E-state index >= 15 is 0 Å². The van der Waals surface area contributed by atoms with Crippen LogP contribution in [0, 0.1) is 5.82 Å². The molecule has 2 aromatic carbocycles. The molecule has 2 aromatic rings. The summed E-state index contributed by atoms with van der Waals surface area (Å²) in [5.74, 6) is -0.589. The number of rotatable bonds is 4. The Hall–Kier alpha value is -2.89. The Bertz CT molecular complexity index is 746. The Morgan fingerprint density at radius 1 is 1.22 bits per heavy atom. The molecule has 0 aromatic heterocycles. The number of hydrogen-bond donors (Lipinski definition) is 2. The molecule has 0 radical (unpaired) electrons. The number of hydrogen-bond acceptors (Lipinski definition) is 2. The number of nitrogens with zero attached hydrogens (tertiary/aromatic N) is 1. The molecule has 2 amide bonds. The van der Waals surface area contributed by atoms with Crippen LogP contribution in [0.25, 0.3) is 11.1 Å². The summed E-state index contributed by atoms with van der Waals surface area (Å²) in [6.07, 6.45) is -1.14. The Morgan fingerprint density at radius 3 is 2.43 bits per heavy atom. The summed E-state index contributed by atoms with van der Waals surface area (Å²) in [4.78, 5) is 23.8. The van der Waals surface area contributed by atoms with Gasteiger partial charge in [-0.2, -0.15) is 0 Å². The number of amides is 2. The van der Waals surface area contributed by atoms with Crippen molar-refractivity contribution in [1.29, 1.82) is 0 Å². The Labute approximate surface area is 132 Å². The van der Waals surface area contributed by atoms with E-state index in [-0.39, 0.29) is 18.3 Å². The molecule has 0 spiro atoms. The highest BCUT2D eigenvalue weighted by Gasteiger charge is 2.36. The molecule has 1 saturated heterocycles. The van der Waals surface area contributed by atoms with Crippen LogP contribution in [0.3, 0.4) is 0 Å². The Balaban J connectivity index is 1.78. The molecular formula is C17H15FN2O3. The minimum atomic E-state index is -1.14. The van der Waals surface area contributed by atoms with Crippen LogP contribution in [0.15, 0.2) is 48.5 Å². The van der Waals surface area contributed by atoms with Gasteiger partial charge >= 0.3 is 6.09 Å². The smallest absolute Gasteiger partial charge is 0.408 e. The predicted molar refractivity (Wildman–Crippen MR) is 82.2 cm³/mol. The van der Waals surface area contributed by atoms with E-state index in [1.165, 1.54) is 6.07 Å². The number of carbonyl (C=O) groups is 2. The second kappa shape index (κ2) is 6.08. The van der Waals surface area contributed by atoms with Gasteiger partial charge in [0.2, 0.25) is 5.91 Å². The number of carbonyl (C=O) groups excluding carboxylic acids is 1. The minimum absolute atomic E-state index is 0.116. The molecule has 3 rings (SSSR count). The third kappa shape index (κ3) is 3.01. The molecule has 0 aliphatic carbocycles. The van der Waals surface area contributed by atoms with Crippen LogP contribution in [0.1, 0.15) is 5.56 Å². The van der Waals surface area contributed by atoms with Gasteiger partial charge in [0, 0.05) is 18.7 Å². The molecule has 0 bridgehead atoms. The third-order valence-corrected chi connectivity index (χ3v) is 3.89. The van der Waals surface area contributed by atoms with Gasteiger partial charge in [-0.15, -0.1) is 0 Å². The van der Waals surface area contributed by atoms with Crippen molar-refractivity contribution in [3.63, 3.8) is 0 Å². The first-order valence-electron chi connectivity index (χ1n) is 7.17. The van der Waals surface area contributed by atoms with Gasteiger partial charge in [0.1, 0.15) is 11.9 Å². The average molecular weight is 314 g/mol. The van der Waals surface area contributed by atoms with E-state index in [0.717, 1.165) is 16.0 Å². The summed E-state index contributed by atoms with van der Waals surface area (Å²) in [5.41, 5.74) is 1.95. The minimum Gasteiger partial charge on any atom is -0.465 e. The maximum Gasteiger partial charge on any atom is 0.408 e. The summed E-state index contributed by atoms with van der Waals surface area (Å²) in [5, 5.41) is 11.8. The van der Waals surface area contributed by atoms with Gasteiger partial charge < -0.3 is 10.4 Å².